The minimum atomic E-state index is -4.56. The highest BCUT2D eigenvalue weighted by Gasteiger charge is 2.31. The summed E-state index contributed by atoms with van der Waals surface area (Å²) in [5.41, 5.74) is 2.82. The van der Waals surface area contributed by atoms with E-state index in [1.807, 2.05) is 31.2 Å². The van der Waals surface area contributed by atoms with Gasteiger partial charge in [0, 0.05) is 30.7 Å². The summed E-state index contributed by atoms with van der Waals surface area (Å²) < 4.78 is 46.3. The Morgan fingerprint density at radius 1 is 1.05 bits per heavy atom. The molecule has 0 aliphatic carbocycles. The molecule has 1 aliphatic rings. The molecule has 10 heteroatoms. The maximum Gasteiger partial charge on any atom is 0.416 e. The maximum atomic E-state index is 13.5. The topological polar surface area (TPSA) is 79.4 Å². The second-order valence-electron chi connectivity index (χ2n) is 9.81. The van der Waals surface area contributed by atoms with Gasteiger partial charge in [-0.25, -0.2) is 9.97 Å². The maximum absolute atomic E-state index is 13.5. The fraction of sp³-hybridized carbons (Fsp3) is 0.300. The summed E-state index contributed by atoms with van der Waals surface area (Å²) in [4.78, 5) is 24.3. The van der Waals surface area contributed by atoms with Crippen molar-refractivity contribution in [3.8, 4) is 16.9 Å². The highest BCUT2D eigenvalue weighted by Crippen LogP contribution is 2.36. The quantitative estimate of drug-likeness (QED) is 0.265. The Morgan fingerprint density at radius 3 is 2.60 bits per heavy atom. The number of aryl methyl sites for hydroxylation is 1. The van der Waals surface area contributed by atoms with Crippen LogP contribution < -0.4 is 15.4 Å². The molecule has 7 nitrogen and oxygen atoms in total. The van der Waals surface area contributed by atoms with Gasteiger partial charge < -0.3 is 15.4 Å². The lowest BCUT2D eigenvalue weighted by Gasteiger charge is -2.18. The molecule has 0 saturated carbocycles. The average Bonchev–Trinajstić information content (AvgIpc) is 3.46. The molecule has 2 N–H and O–H groups in total. The van der Waals surface area contributed by atoms with E-state index in [2.05, 4.69) is 25.5 Å². The number of halogens is 3. The zero-order valence-corrected chi connectivity index (χ0v) is 22.3. The van der Waals surface area contributed by atoms with Crippen LogP contribution in [-0.2, 0) is 6.18 Å². The summed E-state index contributed by atoms with van der Waals surface area (Å²) >= 11 is 0. The smallest absolute Gasteiger partial charge is 0.416 e. The zero-order chi connectivity index (χ0) is 28.3. The molecule has 1 aromatic heterocycles. The molecular formula is C30H30F3N5O2. The Labute approximate surface area is 230 Å². The number of carbonyl (C=O) groups is 1. The number of benzene rings is 3. The summed E-state index contributed by atoms with van der Waals surface area (Å²) in [6.07, 6.45) is -0.574. The first-order valence-corrected chi connectivity index (χ1v) is 13.1. The highest BCUT2D eigenvalue weighted by atomic mass is 19.4. The summed E-state index contributed by atoms with van der Waals surface area (Å²) in [6.45, 7) is 4.88. The van der Waals surface area contributed by atoms with Crippen LogP contribution >= 0.6 is 0 Å². The van der Waals surface area contributed by atoms with Crippen LogP contribution in [0, 0.1) is 6.92 Å². The van der Waals surface area contributed by atoms with Crippen molar-refractivity contribution in [2.75, 3.05) is 43.9 Å². The van der Waals surface area contributed by atoms with Crippen LogP contribution in [0.3, 0.4) is 0 Å². The van der Waals surface area contributed by atoms with Gasteiger partial charge in [0.2, 0.25) is 5.95 Å². The number of anilines is 2. The van der Waals surface area contributed by atoms with Gasteiger partial charge in [0.25, 0.3) is 5.91 Å². The summed E-state index contributed by atoms with van der Waals surface area (Å²) in [5.74, 6) is 0.181. The van der Waals surface area contributed by atoms with E-state index in [0.717, 1.165) is 65.7 Å². The van der Waals surface area contributed by atoms with Crippen LogP contribution in [0.5, 0.6) is 5.75 Å². The van der Waals surface area contributed by atoms with Crippen molar-refractivity contribution in [3.63, 3.8) is 0 Å². The van der Waals surface area contributed by atoms with Gasteiger partial charge in [0.1, 0.15) is 12.4 Å². The van der Waals surface area contributed by atoms with Crippen LogP contribution in [0.1, 0.15) is 34.3 Å². The SMILES string of the molecule is CNc1ncc2cc(-c3cc(C(=O)Nc4cc(C(F)(F)F)ccc4OCCN4CCCC4)ccc3C)ccc2n1. The van der Waals surface area contributed by atoms with Crippen LogP contribution in [0.4, 0.5) is 24.8 Å². The number of amides is 1. The van der Waals surface area contributed by atoms with Crippen LogP contribution in [0.25, 0.3) is 22.0 Å². The molecule has 0 atom stereocenters. The molecule has 1 saturated heterocycles. The van der Waals surface area contributed by atoms with E-state index >= 15 is 0 Å². The largest absolute Gasteiger partial charge is 0.490 e. The fourth-order valence-electron chi connectivity index (χ4n) is 4.81. The van der Waals surface area contributed by atoms with Crippen molar-refractivity contribution >= 4 is 28.4 Å². The molecule has 208 valence electrons. The third-order valence-electron chi connectivity index (χ3n) is 7.03. The van der Waals surface area contributed by atoms with E-state index < -0.39 is 17.6 Å². The normalized spacial score (nSPS) is 13.9. The predicted molar refractivity (Wildman–Crippen MR) is 150 cm³/mol. The Kier molecular flexibility index (Phi) is 7.88. The van der Waals surface area contributed by atoms with Crippen LogP contribution in [0.15, 0.2) is 60.8 Å². The molecule has 5 rings (SSSR count). The number of likely N-dealkylation sites (tertiary alicyclic amines) is 1. The third-order valence-corrected chi connectivity index (χ3v) is 7.03. The first kappa shape index (κ1) is 27.4. The number of nitrogens with one attached hydrogen (secondary N) is 2. The first-order chi connectivity index (χ1) is 19.2. The van der Waals surface area contributed by atoms with Gasteiger partial charge in [0.05, 0.1) is 16.8 Å². The summed E-state index contributed by atoms with van der Waals surface area (Å²) in [6, 6.07) is 14.1. The van der Waals surface area contributed by atoms with Crippen molar-refractivity contribution in [1.29, 1.82) is 0 Å². The van der Waals surface area contributed by atoms with Crippen LogP contribution in [0.2, 0.25) is 0 Å². The van der Waals surface area contributed by atoms with Crippen molar-refractivity contribution in [2.24, 2.45) is 0 Å². The van der Waals surface area contributed by atoms with Crippen molar-refractivity contribution in [1.82, 2.24) is 14.9 Å². The van der Waals surface area contributed by atoms with E-state index in [9.17, 15) is 18.0 Å². The monoisotopic (exact) mass is 549 g/mol. The molecule has 2 heterocycles. The predicted octanol–water partition coefficient (Wildman–Crippen LogP) is 6.39. The lowest BCUT2D eigenvalue weighted by atomic mass is 9.97. The minimum Gasteiger partial charge on any atom is -0.490 e. The Balaban J connectivity index is 1.40. The van der Waals surface area contributed by atoms with Gasteiger partial charge in [-0.15, -0.1) is 0 Å². The standard InChI is InChI=1S/C30H30F3N5O2/c1-19-5-6-21(16-24(19)20-7-9-25-22(15-20)18-35-29(34-2)37-25)28(39)36-26-17-23(30(31,32)33)8-10-27(26)40-14-13-38-11-3-4-12-38/h5-10,15-18H,3-4,11-14H2,1-2H3,(H,36,39)(H,34,35,37). The highest BCUT2D eigenvalue weighted by molar-refractivity contribution is 6.06. The second kappa shape index (κ2) is 11.5. The number of alkyl halides is 3. The van der Waals surface area contributed by atoms with Gasteiger partial charge in [0.15, 0.2) is 0 Å². The molecule has 0 bridgehead atoms. The fourth-order valence-corrected chi connectivity index (χ4v) is 4.81. The van der Waals surface area contributed by atoms with Crippen molar-refractivity contribution < 1.29 is 22.7 Å². The number of carbonyl (C=O) groups excluding carboxylic acids is 1. The summed E-state index contributed by atoms with van der Waals surface area (Å²) in [5, 5.41) is 6.41. The summed E-state index contributed by atoms with van der Waals surface area (Å²) in [7, 11) is 1.75. The molecule has 4 aromatic rings. The van der Waals surface area contributed by atoms with Crippen LogP contribution in [-0.4, -0.2) is 54.1 Å². The average molecular weight is 550 g/mol. The molecule has 0 radical (unpaired) electrons. The molecule has 1 fully saturated rings. The first-order valence-electron chi connectivity index (χ1n) is 13.1. The van der Waals surface area contributed by atoms with E-state index in [-0.39, 0.29) is 11.4 Å². The van der Waals surface area contributed by atoms with E-state index in [4.69, 9.17) is 4.74 Å². The Bertz CT molecular complexity index is 1530. The molecule has 0 spiro atoms. The molecule has 1 aliphatic heterocycles. The van der Waals surface area contributed by atoms with Crippen molar-refractivity contribution in [2.45, 2.75) is 25.9 Å². The number of rotatable bonds is 8. The number of fused-ring (bicyclic) bond motifs is 1. The van der Waals surface area contributed by atoms with Gasteiger partial charge >= 0.3 is 6.18 Å². The Morgan fingerprint density at radius 2 is 1.85 bits per heavy atom. The van der Waals surface area contributed by atoms with Gasteiger partial charge in [-0.3, -0.25) is 9.69 Å². The molecule has 40 heavy (non-hydrogen) atoms. The number of aromatic nitrogens is 2. The Hall–Kier alpha value is -4.18. The number of ether oxygens (including phenoxy) is 1. The zero-order valence-electron chi connectivity index (χ0n) is 22.3. The minimum absolute atomic E-state index is 0.0217. The lowest BCUT2D eigenvalue weighted by Crippen LogP contribution is -2.25. The molecular weight excluding hydrogens is 519 g/mol. The van der Waals surface area contributed by atoms with E-state index in [0.29, 0.717) is 24.7 Å². The molecule has 0 unspecified atom stereocenters. The number of nitrogens with zero attached hydrogens (tertiary/aromatic N) is 3. The van der Waals surface area contributed by atoms with Gasteiger partial charge in [-0.1, -0.05) is 12.1 Å². The van der Waals surface area contributed by atoms with E-state index in [1.165, 1.54) is 6.07 Å². The van der Waals surface area contributed by atoms with E-state index in [1.54, 1.807) is 25.4 Å². The number of hydrogen-bond donors (Lipinski definition) is 2. The van der Waals surface area contributed by atoms with Crippen molar-refractivity contribution in [3.05, 3.63) is 77.5 Å². The van der Waals surface area contributed by atoms with Gasteiger partial charge in [-0.2, -0.15) is 13.2 Å². The number of hydrogen-bond acceptors (Lipinski definition) is 6. The lowest BCUT2D eigenvalue weighted by molar-refractivity contribution is -0.137. The molecule has 3 aromatic carbocycles. The second-order valence-corrected chi connectivity index (χ2v) is 9.81. The molecule has 1 amide bonds. The third kappa shape index (κ3) is 6.17. The van der Waals surface area contributed by atoms with Gasteiger partial charge in [-0.05, 0) is 92.0 Å².